The second kappa shape index (κ2) is 5.72. The van der Waals surface area contributed by atoms with E-state index >= 15 is 0 Å². The van der Waals surface area contributed by atoms with Crippen molar-refractivity contribution in [2.45, 2.75) is 39.2 Å². The van der Waals surface area contributed by atoms with Gasteiger partial charge in [0.25, 0.3) is 5.91 Å². The van der Waals surface area contributed by atoms with Crippen LogP contribution in [-0.2, 0) is 4.79 Å². The molecule has 2 N–H and O–H groups in total. The summed E-state index contributed by atoms with van der Waals surface area (Å²) in [5.74, 6) is -0.560. The fourth-order valence-electron chi connectivity index (χ4n) is 2.48. The summed E-state index contributed by atoms with van der Waals surface area (Å²) in [5, 5.41) is 11.8. The molecule has 4 heteroatoms. The fraction of sp³-hybridized carbons (Fsp3) is 0.412. The number of amides is 1. The Hall–Kier alpha value is -2.10. The van der Waals surface area contributed by atoms with Crippen molar-refractivity contribution >= 4 is 18.0 Å². The lowest BCUT2D eigenvalue weighted by Crippen LogP contribution is -2.45. The maximum atomic E-state index is 12.4. The van der Waals surface area contributed by atoms with Crippen LogP contribution in [0, 0.1) is 12.8 Å². The number of carbonyl (C=O) groups is 2. The van der Waals surface area contributed by atoms with E-state index in [9.17, 15) is 9.59 Å². The Morgan fingerprint density at radius 3 is 2.52 bits per heavy atom. The molecule has 0 saturated heterocycles. The van der Waals surface area contributed by atoms with E-state index in [1.165, 1.54) is 6.08 Å². The molecular weight excluding hydrogens is 266 g/mol. The summed E-state index contributed by atoms with van der Waals surface area (Å²) in [6.07, 6.45) is 4.89. The number of aliphatic carboxylic acids is 1. The third kappa shape index (κ3) is 4.18. The van der Waals surface area contributed by atoms with Crippen molar-refractivity contribution in [2.75, 3.05) is 0 Å². The molecule has 0 atom stereocenters. The molecule has 1 aliphatic rings. The lowest BCUT2D eigenvalue weighted by Gasteiger charge is -2.26. The molecule has 0 aromatic heterocycles. The van der Waals surface area contributed by atoms with Crippen LogP contribution in [0.3, 0.4) is 0 Å². The van der Waals surface area contributed by atoms with Gasteiger partial charge in [-0.2, -0.15) is 0 Å². The molecule has 2 rings (SSSR count). The van der Waals surface area contributed by atoms with Crippen LogP contribution in [-0.4, -0.2) is 22.5 Å². The topological polar surface area (TPSA) is 66.4 Å². The molecule has 1 aromatic carbocycles. The maximum absolute atomic E-state index is 12.4. The molecule has 1 fully saturated rings. The van der Waals surface area contributed by atoms with Gasteiger partial charge in [-0.3, -0.25) is 4.79 Å². The highest BCUT2D eigenvalue weighted by molar-refractivity contribution is 5.96. The number of benzene rings is 1. The van der Waals surface area contributed by atoms with Gasteiger partial charge in [0, 0.05) is 17.2 Å². The fourth-order valence-corrected chi connectivity index (χ4v) is 2.48. The van der Waals surface area contributed by atoms with E-state index in [-0.39, 0.29) is 11.4 Å². The molecule has 1 amide bonds. The van der Waals surface area contributed by atoms with Gasteiger partial charge in [0.05, 0.1) is 0 Å². The molecule has 0 heterocycles. The highest BCUT2D eigenvalue weighted by Gasteiger charge is 2.38. The average molecular weight is 287 g/mol. The molecule has 1 aliphatic carbocycles. The molecule has 0 spiro atoms. The van der Waals surface area contributed by atoms with Crippen LogP contribution in [0.1, 0.15) is 48.2 Å². The van der Waals surface area contributed by atoms with Crippen molar-refractivity contribution in [2.24, 2.45) is 5.92 Å². The molecular formula is C17H21NO3. The van der Waals surface area contributed by atoms with Crippen LogP contribution in [0.25, 0.3) is 6.08 Å². The summed E-state index contributed by atoms with van der Waals surface area (Å²) in [6.45, 7) is 5.98. The number of carboxylic acids is 1. The number of carboxylic acid groups (broad SMARTS) is 1. The third-order valence-electron chi connectivity index (χ3n) is 3.81. The molecule has 4 nitrogen and oxygen atoms in total. The van der Waals surface area contributed by atoms with E-state index in [0.29, 0.717) is 17.0 Å². The average Bonchev–Trinajstić information content (AvgIpc) is 3.19. The Labute approximate surface area is 124 Å². The first-order valence-electron chi connectivity index (χ1n) is 7.13. The van der Waals surface area contributed by atoms with Crippen molar-refractivity contribution in [1.82, 2.24) is 5.32 Å². The van der Waals surface area contributed by atoms with Gasteiger partial charge in [0.15, 0.2) is 0 Å². The van der Waals surface area contributed by atoms with Gasteiger partial charge in [0.1, 0.15) is 0 Å². The third-order valence-corrected chi connectivity index (χ3v) is 3.81. The zero-order chi connectivity index (χ0) is 15.6. The Balaban J connectivity index is 2.18. The highest BCUT2D eigenvalue weighted by atomic mass is 16.4. The lowest BCUT2D eigenvalue weighted by molar-refractivity contribution is -0.131. The largest absolute Gasteiger partial charge is 0.478 e. The molecule has 0 aliphatic heterocycles. The smallest absolute Gasteiger partial charge is 0.328 e. The normalized spacial score (nSPS) is 15.2. The highest BCUT2D eigenvalue weighted by Crippen LogP contribution is 2.39. The van der Waals surface area contributed by atoms with Crippen molar-refractivity contribution in [1.29, 1.82) is 0 Å². The quantitative estimate of drug-likeness (QED) is 0.818. The summed E-state index contributed by atoms with van der Waals surface area (Å²) in [4.78, 5) is 23.0. The van der Waals surface area contributed by atoms with Gasteiger partial charge in [-0.05, 0) is 68.9 Å². The molecule has 0 unspecified atom stereocenters. The van der Waals surface area contributed by atoms with Crippen LogP contribution in [0.15, 0.2) is 24.3 Å². The predicted octanol–water partition coefficient (Wildman–Crippen LogP) is 3.01. The Morgan fingerprint density at radius 1 is 1.29 bits per heavy atom. The second-order valence-corrected chi connectivity index (χ2v) is 6.25. The SMILES string of the molecule is Cc1cc(/C=C/C(=O)O)cc(C(=O)NC(C)(C)C2CC2)c1. The van der Waals surface area contributed by atoms with E-state index < -0.39 is 5.97 Å². The minimum absolute atomic E-state index is 0.111. The summed E-state index contributed by atoms with van der Waals surface area (Å²) >= 11 is 0. The first kappa shape index (κ1) is 15.3. The van der Waals surface area contributed by atoms with Crippen molar-refractivity contribution in [3.63, 3.8) is 0 Å². The Morgan fingerprint density at radius 2 is 1.95 bits per heavy atom. The number of aryl methyl sites for hydroxylation is 1. The van der Waals surface area contributed by atoms with Crippen LogP contribution < -0.4 is 5.32 Å². The van der Waals surface area contributed by atoms with E-state index in [4.69, 9.17) is 5.11 Å². The van der Waals surface area contributed by atoms with Crippen LogP contribution in [0.2, 0.25) is 0 Å². The van der Waals surface area contributed by atoms with Crippen molar-refractivity contribution < 1.29 is 14.7 Å². The predicted molar refractivity (Wildman–Crippen MR) is 82.1 cm³/mol. The van der Waals surface area contributed by atoms with Crippen molar-refractivity contribution in [3.05, 3.63) is 41.0 Å². The van der Waals surface area contributed by atoms with Crippen LogP contribution >= 0.6 is 0 Å². The minimum atomic E-state index is -1.00. The maximum Gasteiger partial charge on any atom is 0.328 e. The summed E-state index contributed by atoms with van der Waals surface area (Å²) < 4.78 is 0. The van der Waals surface area contributed by atoms with Gasteiger partial charge < -0.3 is 10.4 Å². The molecule has 0 radical (unpaired) electrons. The Kier molecular flexibility index (Phi) is 4.16. The molecule has 112 valence electrons. The van der Waals surface area contributed by atoms with E-state index in [2.05, 4.69) is 5.32 Å². The molecule has 1 saturated carbocycles. The monoisotopic (exact) mass is 287 g/mol. The first-order chi connectivity index (χ1) is 9.78. The summed E-state index contributed by atoms with van der Waals surface area (Å²) in [5.41, 5.74) is 2.01. The molecule has 1 aromatic rings. The molecule has 21 heavy (non-hydrogen) atoms. The minimum Gasteiger partial charge on any atom is -0.478 e. The first-order valence-corrected chi connectivity index (χ1v) is 7.13. The van der Waals surface area contributed by atoms with E-state index in [0.717, 1.165) is 24.5 Å². The van der Waals surface area contributed by atoms with E-state index in [1.54, 1.807) is 6.07 Å². The summed E-state index contributed by atoms with van der Waals surface area (Å²) in [7, 11) is 0. The Bertz CT molecular complexity index is 598. The molecule has 0 bridgehead atoms. The standard InChI is InChI=1S/C17H21NO3/c1-11-8-12(4-7-15(19)20)10-13(9-11)16(21)18-17(2,3)14-5-6-14/h4,7-10,14H,5-6H2,1-3H3,(H,18,21)(H,19,20)/b7-4+. The van der Waals surface area contributed by atoms with Gasteiger partial charge in [-0.15, -0.1) is 0 Å². The number of rotatable bonds is 5. The van der Waals surface area contributed by atoms with Crippen LogP contribution in [0.4, 0.5) is 0 Å². The summed E-state index contributed by atoms with van der Waals surface area (Å²) in [6, 6.07) is 5.38. The van der Waals surface area contributed by atoms with Gasteiger partial charge in [0.2, 0.25) is 0 Å². The van der Waals surface area contributed by atoms with Gasteiger partial charge >= 0.3 is 5.97 Å². The zero-order valence-corrected chi connectivity index (χ0v) is 12.6. The van der Waals surface area contributed by atoms with E-state index in [1.807, 2.05) is 32.9 Å². The number of hydrogen-bond acceptors (Lipinski definition) is 2. The van der Waals surface area contributed by atoms with Gasteiger partial charge in [-0.1, -0.05) is 6.07 Å². The zero-order valence-electron chi connectivity index (χ0n) is 12.6. The van der Waals surface area contributed by atoms with Crippen molar-refractivity contribution in [3.8, 4) is 0 Å². The number of nitrogens with one attached hydrogen (secondary N) is 1. The lowest BCUT2D eigenvalue weighted by atomic mass is 9.97. The van der Waals surface area contributed by atoms with Crippen LogP contribution in [0.5, 0.6) is 0 Å². The number of carbonyl (C=O) groups excluding carboxylic acids is 1. The number of hydrogen-bond donors (Lipinski definition) is 2. The second-order valence-electron chi connectivity index (χ2n) is 6.25. The van der Waals surface area contributed by atoms with Gasteiger partial charge in [-0.25, -0.2) is 4.79 Å².